The van der Waals surface area contributed by atoms with Crippen molar-refractivity contribution in [3.05, 3.63) is 41.0 Å². The van der Waals surface area contributed by atoms with Crippen molar-refractivity contribution in [3.8, 4) is 10.4 Å². The zero-order chi connectivity index (χ0) is 30.9. The lowest BCUT2D eigenvalue weighted by Crippen LogP contribution is -2.58. The maximum atomic E-state index is 13.7. The zero-order valence-corrected chi connectivity index (χ0v) is 26.0. The standard InChI is InChI=1S/C30H45N5O6S/c1-19(21-7-9-22(10-8-21)26-20(2)32-18-42-26)33-28(38)24-15-23(36)16-35(24)29(39)27(30(3,4)5)34-25(37)17-41-13-6-12-40-14-11-31/h7-10,18-19,23-24,27,36H,6,11-17,31H2,1-5H3,(H,33,38)(H,34,37). The number of rotatable bonds is 14. The number of β-amino-alcohol motifs (C(OH)–C–C–N with tert-alkyl or cyclic N) is 1. The van der Waals surface area contributed by atoms with Crippen LogP contribution < -0.4 is 16.4 Å². The minimum Gasteiger partial charge on any atom is -0.391 e. The van der Waals surface area contributed by atoms with Crippen LogP contribution in [0.15, 0.2) is 29.8 Å². The van der Waals surface area contributed by atoms with E-state index >= 15 is 0 Å². The van der Waals surface area contributed by atoms with Gasteiger partial charge in [0.05, 0.1) is 34.8 Å². The number of nitrogens with zero attached hydrogens (tertiary/aromatic N) is 2. The van der Waals surface area contributed by atoms with Crippen molar-refractivity contribution in [2.45, 2.75) is 71.7 Å². The highest BCUT2D eigenvalue weighted by Gasteiger charge is 2.44. The summed E-state index contributed by atoms with van der Waals surface area (Å²) in [7, 11) is 0. The number of thiazole rings is 1. The van der Waals surface area contributed by atoms with Crippen molar-refractivity contribution in [3.63, 3.8) is 0 Å². The molecule has 1 aromatic carbocycles. The number of aliphatic hydroxyl groups excluding tert-OH is 1. The summed E-state index contributed by atoms with van der Waals surface area (Å²) in [6.45, 7) is 10.9. The number of nitrogens with one attached hydrogen (secondary N) is 2. The molecule has 2 aromatic rings. The molecular weight excluding hydrogens is 558 g/mol. The Morgan fingerprint density at radius 1 is 1.14 bits per heavy atom. The Morgan fingerprint density at radius 2 is 1.83 bits per heavy atom. The summed E-state index contributed by atoms with van der Waals surface area (Å²) in [6.07, 6.45) is -0.109. The van der Waals surface area contributed by atoms with E-state index in [1.165, 1.54) is 4.90 Å². The van der Waals surface area contributed by atoms with Gasteiger partial charge in [-0.05, 0) is 36.8 Å². The van der Waals surface area contributed by atoms with Gasteiger partial charge in [0.25, 0.3) is 0 Å². The summed E-state index contributed by atoms with van der Waals surface area (Å²) in [5.41, 5.74) is 9.50. The van der Waals surface area contributed by atoms with E-state index in [-0.39, 0.29) is 31.5 Å². The number of benzene rings is 1. The SMILES string of the molecule is Cc1ncsc1-c1ccc(C(C)NC(=O)C2CC(O)CN2C(=O)C(NC(=O)COCCCOCCN)C(C)(C)C)cc1. The number of aryl methyl sites for hydroxylation is 1. The second kappa shape index (κ2) is 15.5. The van der Waals surface area contributed by atoms with Crippen LogP contribution in [-0.4, -0.2) is 90.4 Å². The Bertz CT molecular complexity index is 1180. The molecule has 232 valence electrons. The second-order valence-electron chi connectivity index (χ2n) is 11.7. The van der Waals surface area contributed by atoms with Crippen LogP contribution in [0.5, 0.6) is 0 Å². The van der Waals surface area contributed by atoms with Crippen LogP contribution in [0.2, 0.25) is 0 Å². The van der Waals surface area contributed by atoms with E-state index in [4.69, 9.17) is 15.2 Å². The molecule has 3 amide bonds. The molecule has 4 unspecified atom stereocenters. The molecule has 1 aliphatic rings. The maximum Gasteiger partial charge on any atom is 0.246 e. The minimum atomic E-state index is -0.915. The summed E-state index contributed by atoms with van der Waals surface area (Å²) in [4.78, 5) is 46.6. The van der Waals surface area contributed by atoms with Crippen molar-refractivity contribution < 1.29 is 29.0 Å². The fourth-order valence-electron chi connectivity index (χ4n) is 4.83. The van der Waals surface area contributed by atoms with Crippen LogP contribution in [-0.2, 0) is 23.9 Å². The highest BCUT2D eigenvalue weighted by atomic mass is 32.1. The highest BCUT2D eigenvalue weighted by Crippen LogP contribution is 2.29. The molecule has 42 heavy (non-hydrogen) atoms. The summed E-state index contributed by atoms with van der Waals surface area (Å²) < 4.78 is 10.7. The summed E-state index contributed by atoms with van der Waals surface area (Å²) in [5.74, 6) is -1.20. The van der Waals surface area contributed by atoms with E-state index in [2.05, 4.69) is 15.6 Å². The number of ether oxygens (including phenoxy) is 2. The Morgan fingerprint density at radius 3 is 2.45 bits per heavy atom. The zero-order valence-electron chi connectivity index (χ0n) is 25.2. The number of aromatic nitrogens is 1. The fourth-order valence-corrected chi connectivity index (χ4v) is 5.64. The first kappa shape index (κ1) is 33.6. The number of hydrogen-bond acceptors (Lipinski definition) is 9. The summed E-state index contributed by atoms with van der Waals surface area (Å²) in [5, 5.41) is 16.2. The van der Waals surface area contributed by atoms with Gasteiger partial charge in [-0.25, -0.2) is 4.98 Å². The number of likely N-dealkylation sites (tertiary alicyclic amines) is 1. The van der Waals surface area contributed by atoms with Gasteiger partial charge in [-0.15, -0.1) is 11.3 Å². The third-order valence-electron chi connectivity index (χ3n) is 7.13. The van der Waals surface area contributed by atoms with Crippen LogP contribution in [0.3, 0.4) is 0 Å². The molecular formula is C30H45N5O6S. The molecule has 1 aromatic heterocycles. The molecule has 0 saturated carbocycles. The number of carbonyl (C=O) groups is 3. The van der Waals surface area contributed by atoms with Gasteiger partial charge in [0.1, 0.15) is 18.7 Å². The van der Waals surface area contributed by atoms with Crippen molar-refractivity contribution >= 4 is 29.1 Å². The van der Waals surface area contributed by atoms with Gasteiger partial charge in [-0.3, -0.25) is 14.4 Å². The molecule has 12 heteroatoms. The fraction of sp³-hybridized carbons (Fsp3) is 0.600. The first-order valence-corrected chi connectivity index (χ1v) is 15.2. The second-order valence-corrected chi connectivity index (χ2v) is 12.5. The topological polar surface area (TPSA) is 156 Å². The largest absolute Gasteiger partial charge is 0.391 e. The Labute approximate surface area is 252 Å². The number of amides is 3. The van der Waals surface area contributed by atoms with Crippen molar-refractivity contribution in [2.24, 2.45) is 11.1 Å². The molecule has 5 N–H and O–H groups in total. The molecule has 0 aliphatic carbocycles. The first-order chi connectivity index (χ1) is 19.9. The molecule has 4 atom stereocenters. The number of carbonyl (C=O) groups excluding carboxylic acids is 3. The van der Waals surface area contributed by atoms with Crippen LogP contribution in [0.1, 0.15) is 57.8 Å². The van der Waals surface area contributed by atoms with Gasteiger partial charge in [0.2, 0.25) is 17.7 Å². The van der Waals surface area contributed by atoms with Gasteiger partial charge >= 0.3 is 0 Å². The van der Waals surface area contributed by atoms with Crippen molar-refractivity contribution in [1.82, 2.24) is 20.5 Å². The minimum absolute atomic E-state index is 0.00987. The van der Waals surface area contributed by atoms with Gasteiger partial charge < -0.3 is 35.8 Å². The van der Waals surface area contributed by atoms with Crippen LogP contribution in [0.25, 0.3) is 10.4 Å². The van der Waals surface area contributed by atoms with Crippen molar-refractivity contribution in [2.75, 3.05) is 39.5 Å². The molecule has 11 nitrogen and oxygen atoms in total. The first-order valence-electron chi connectivity index (χ1n) is 14.4. The third-order valence-corrected chi connectivity index (χ3v) is 8.11. The van der Waals surface area contributed by atoms with Crippen LogP contribution >= 0.6 is 11.3 Å². The smallest absolute Gasteiger partial charge is 0.246 e. The monoisotopic (exact) mass is 603 g/mol. The van der Waals surface area contributed by atoms with E-state index in [9.17, 15) is 19.5 Å². The van der Waals surface area contributed by atoms with E-state index in [0.717, 1.165) is 21.7 Å². The Kier molecular flexibility index (Phi) is 12.4. The molecule has 0 radical (unpaired) electrons. The normalized spacial score (nSPS) is 18.5. The highest BCUT2D eigenvalue weighted by molar-refractivity contribution is 7.13. The Hall–Kier alpha value is -2.90. The van der Waals surface area contributed by atoms with E-state index in [1.807, 2.05) is 64.4 Å². The maximum absolute atomic E-state index is 13.7. The number of nitrogens with two attached hydrogens (primary N) is 1. The lowest BCUT2D eigenvalue weighted by atomic mass is 9.85. The van der Waals surface area contributed by atoms with E-state index in [1.54, 1.807) is 11.3 Å². The predicted octanol–water partition coefficient (Wildman–Crippen LogP) is 2.17. The lowest BCUT2D eigenvalue weighted by Gasteiger charge is -2.35. The molecule has 0 bridgehead atoms. The van der Waals surface area contributed by atoms with E-state index < -0.39 is 35.4 Å². The van der Waals surface area contributed by atoms with Crippen LogP contribution in [0.4, 0.5) is 0 Å². The van der Waals surface area contributed by atoms with Crippen molar-refractivity contribution in [1.29, 1.82) is 0 Å². The third kappa shape index (κ3) is 9.30. The average molecular weight is 604 g/mol. The number of hydrogen-bond donors (Lipinski definition) is 4. The molecule has 1 fully saturated rings. The summed E-state index contributed by atoms with van der Waals surface area (Å²) >= 11 is 1.58. The average Bonchev–Trinajstić information content (AvgIpc) is 3.55. The molecule has 2 heterocycles. The quantitative estimate of drug-likeness (QED) is 0.240. The molecule has 3 rings (SSSR count). The van der Waals surface area contributed by atoms with Gasteiger partial charge in [-0.1, -0.05) is 45.0 Å². The van der Waals surface area contributed by atoms with Gasteiger partial charge in [0, 0.05) is 32.7 Å². The van der Waals surface area contributed by atoms with Gasteiger partial charge in [-0.2, -0.15) is 0 Å². The lowest BCUT2D eigenvalue weighted by molar-refractivity contribution is -0.144. The van der Waals surface area contributed by atoms with E-state index in [0.29, 0.717) is 32.8 Å². The molecule has 1 saturated heterocycles. The number of aliphatic hydroxyl groups is 1. The van der Waals surface area contributed by atoms with Gasteiger partial charge in [0.15, 0.2) is 0 Å². The summed E-state index contributed by atoms with van der Waals surface area (Å²) in [6, 6.07) is 5.84. The molecule has 0 spiro atoms. The Balaban J connectivity index is 1.61. The van der Waals surface area contributed by atoms with Crippen LogP contribution in [0, 0.1) is 12.3 Å². The predicted molar refractivity (Wildman–Crippen MR) is 162 cm³/mol. The molecule has 1 aliphatic heterocycles.